The predicted octanol–water partition coefficient (Wildman–Crippen LogP) is 4.46. The maximum absolute atomic E-state index is 2.35. The molecule has 18 heavy (non-hydrogen) atoms. The summed E-state index contributed by atoms with van der Waals surface area (Å²) in [5, 5.41) is 2.76. The highest BCUT2D eigenvalue weighted by atomic mass is 14.9. The molecule has 1 nitrogen and oxygen atoms in total. The van der Waals surface area contributed by atoms with Crippen molar-refractivity contribution < 1.29 is 0 Å². The number of aryl methyl sites for hydroxylation is 3. The zero-order valence-electron chi connectivity index (χ0n) is 11.3. The Balaban J connectivity index is 2.55. The van der Waals surface area contributed by atoms with Crippen molar-refractivity contribution >= 4 is 21.8 Å². The Hall–Kier alpha value is -1.76. The van der Waals surface area contributed by atoms with Gasteiger partial charge in [-0.2, -0.15) is 0 Å². The highest BCUT2D eigenvalue weighted by Gasteiger charge is 2.12. The molecule has 1 heteroatoms. The maximum atomic E-state index is 2.35. The van der Waals surface area contributed by atoms with Gasteiger partial charge in [0, 0.05) is 23.3 Å². The van der Waals surface area contributed by atoms with Gasteiger partial charge in [-0.25, -0.2) is 0 Å². The van der Waals surface area contributed by atoms with Gasteiger partial charge in [0.2, 0.25) is 0 Å². The van der Waals surface area contributed by atoms with E-state index in [0.717, 1.165) is 12.8 Å². The smallest absolute Gasteiger partial charge is 0.0523 e. The SMILES string of the molecule is CCc1ccc2c3ccccc3n(C)c2c1CC. The molecule has 0 spiro atoms. The molecule has 2 aromatic carbocycles. The molecular weight excluding hydrogens is 218 g/mol. The summed E-state index contributed by atoms with van der Waals surface area (Å²) in [4.78, 5) is 0. The maximum Gasteiger partial charge on any atom is 0.0523 e. The van der Waals surface area contributed by atoms with Crippen molar-refractivity contribution in [2.24, 2.45) is 7.05 Å². The van der Waals surface area contributed by atoms with E-state index < -0.39 is 0 Å². The first-order chi connectivity index (χ1) is 8.77. The molecule has 0 aliphatic heterocycles. The fourth-order valence-corrected chi connectivity index (χ4v) is 3.12. The van der Waals surface area contributed by atoms with Crippen molar-refractivity contribution in [2.45, 2.75) is 26.7 Å². The second-order valence-electron chi connectivity index (χ2n) is 4.88. The standard InChI is InChI=1S/C17H19N/c1-4-12-10-11-15-14-8-6-7-9-16(14)18(3)17(15)13(12)5-2/h6-11H,4-5H2,1-3H3. The Morgan fingerprint density at radius 1 is 0.889 bits per heavy atom. The molecule has 92 valence electrons. The van der Waals surface area contributed by atoms with Crippen LogP contribution in [0.2, 0.25) is 0 Å². The first-order valence-corrected chi connectivity index (χ1v) is 6.75. The van der Waals surface area contributed by atoms with Gasteiger partial charge >= 0.3 is 0 Å². The Kier molecular flexibility index (Phi) is 2.62. The first kappa shape index (κ1) is 11.3. The van der Waals surface area contributed by atoms with E-state index in [0.29, 0.717) is 0 Å². The molecule has 0 atom stereocenters. The second-order valence-corrected chi connectivity index (χ2v) is 4.88. The number of hydrogen-bond donors (Lipinski definition) is 0. The van der Waals surface area contributed by atoms with Crippen LogP contribution in [-0.4, -0.2) is 4.57 Å². The average molecular weight is 237 g/mol. The van der Waals surface area contributed by atoms with Crippen LogP contribution in [0.25, 0.3) is 21.8 Å². The van der Waals surface area contributed by atoms with Crippen molar-refractivity contribution in [1.29, 1.82) is 0 Å². The third-order valence-corrected chi connectivity index (χ3v) is 4.01. The first-order valence-electron chi connectivity index (χ1n) is 6.75. The molecule has 0 saturated heterocycles. The highest BCUT2D eigenvalue weighted by Crippen LogP contribution is 2.32. The number of aromatic nitrogens is 1. The molecule has 0 amide bonds. The van der Waals surface area contributed by atoms with Crippen LogP contribution in [0.1, 0.15) is 25.0 Å². The minimum atomic E-state index is 1.10. The van der Waals surface area contributed by atoms with Crippen LogP contribution < -0.4 is 0 Å². The summed E-state index contributed by atoms with van der Waals surface area (Å²) in [5.41, 5.74) is 5.73. The van der Waals surface area contributed by atoms with Gasteiger partial charge in [-0.3, -0.25) is 0 Å². The van der Waals surface area contributed by atoms with Crippen molar-refractivity contribution in [2.75, 3.05) is 0 Å². The van der Waals surface area contributed by atoms with Gasteiger partial charge in [-0.05, 0) is 30.0 Å². The van der Waals surface area contributed by atoms with Crippen molar-refractivity contribution in [3.63, 3.8) is 0 Å². The summed E-state index contributed by atoms with van der Waals surface area (Å²) in [6, 6.07) is 13.3. The van der Waals surface area contributed by atoms with E-state index in [9.17, 15) is 0 Å². The number of rotatable bonds is 2. The Labute approximate surface area is 108 Å². The van der Waals surface area contributed by atoms with Crippen molar-refractivity contribution in [3.8, 4) is 0 Å². The lowest BCUT2D eigenvalue weighted by Gasteiger charge is -2.09. The molecule has 1 aromatic heterocycles. The van der Waals surface area contributed by atoms with E-state index in [4.69, 9.17) is 0 Å². The molecule has 0 unspecified atom stereocenters. The lowest BCUT2D eigenvalue weighted by Crippen LogP contribution is -1.96. The summed E-state index contributed by atoms with van der Waals surface area (Å²) in [5.74, 6) is 0. The fraction of sp³-hybridized carbons (Fsp3) is 0.294. The van der Waals surface area contributed by atoms with E-state index in [-0.39, 0.29) is 0 Å². The molecule has 0 fully saturated rings. The molecule has 0 bridgehead atoms. The van der Waals surface area contributed by atoms with Crippen molar-refractivity contribution in [3.05, 3.63) is 47.5 Å². The molecule has 1 heterocycles. The molecule has 0 radical (unpaired) electrons. The summed E-state index contributed by atoms with van der Waals surface area (Å²) in [7, 11) is 2.18. The lowest BCUT2D eigenvalue weighted by atomic mass is 9.99. The quantitative estimate of drug-likeness (QED) is 0.620. The van der Waals surface area contributed by atoms with Crippen LogP contribution in [0.3, 0.4) is 0 Å². The van der Waals surface area contributed by atoms with Crippen LogP contribution in [0.4, 0.5) is 0 Å². The normalized spacial score (nSPS) is 11.5. The Morgan fingerprint density at radius 2 is 1.67 bits per heavy atom. The lowest BCUT2D eigenvalue weighted by molar-refractivity contribution is 0.976. The second kappa shape index (κ2) is 4.16. The minimum Gasteiger partial charge on any atom is -0.343 e. The molecule has 0 N–H and O–H groups in total. The summed E-state index contributed by atoms with van der Waals surface area (Å²) < 4.78 is 2.35. The summed E-state index contributed by atoms with van der Waals surface area (Å²) in [6.07, 6.45) is 2.21. The Bertz CT molecular complexity index is 719. The third kappa shape index (κ3) is 1.40. The zero-order valence-corrected chi connectivity index (χ0v) is 11.3. The van der Waals surface area contributed by atoms with Gasteiger partial charge in [-0.15, -0.1) is 0 Å². The van der Waals surface area contributed by atoms with Crippen LogP contribution >= 0.6 is 0 Å². The van der Waals surface area contributed by atoms with Crippen molar-refractivity contribution in [1.82, 2.24) is 4.57 Å². The van der Waals surface area contributed by atoms with Gasteiger partial charge in [0.1, 0.15) is 0 Å². The van der Waals surface area contributed by atoms with Gasteiger partial charge in [0.25, 0.3) is 0 Å². The predicted molar refractivity (Wildman–Crippen MR) is 79.2 cm³/mol. The van der Waals surface area contributed by atoms with Crippen LogP contribution in [-0.2, 0) is 19.9 Å². The van der Waals surface area contributed by atoms with Gasteiger partial charge < -0.3 is 4.57 Å². The third-order valence-electron chi connectivity index (χ3n) is 4.01. The van der Waals surface area contributed by atoms with Crippen LogP contribution in [0, 0.1) is 0 Å². The number of nitrogens with zero attached hydrogens (tertiary/aromatic N) is 1. The number of para-hydroxylation sites is 1. The highest BCUT2D eigenvalue weighted by molar-refractivity contribution is 6.09. The molecule has 0 saturated carbocycles. The van der Waals surface area contributed by atoms with E-state index >= 15 is 0 Å². The molecule has 3 rings (SSSR count). The molecule has 0 aliphatic rings. The van der Waals surface area contributed by atoms with E-state index in [1.807, 2.05) is 0 Å². The topological polar surface area (TPSA) is 4.93 Å². The van der Waals surface area contributed by atoms with Crippen LogP contribution in [0.5, 0.6) is 0 Å². The monoisotopic (exact) mass is 237 g/mol. The number of fused-ring (bicyclic) bond motifs is 3. The fourth-order valence-electron chi connectivity index (χ4n) is 3.12. The largest absolute Gasteiger partial charge is 0.343 e. The van der Waals surface area contributed by atoms with E-state index in [1.54, 1.807) is 0 Å². The summed E-state index contributed by atoms with van der Waals surface area (Å²) >= 11 is 0. The van der Waals surface area contributed by atoms with Gasteiger partial charge in [0.15, 0.2) is 0 Å². The number of hydrogen-bond acceptors (Lipinski definition) is 0. The zero-order chi connectivity index (χ0) is 12.7. The minimum absolute atomic E-state index is 1.10. The Morgan fingerprint density at radius 3 is 2.39 bits per heavy atom. The number of benzene rings is 2. The molecule has 3 aromatic rings. The van der Waals surface area contributed by atoms with Crippen LogP contribution in [0.15, 0.2) is 36.4 Å². The van der Waals surface area contributed by atoms with E-state index in [2.05, 4.69) is 61.9 Å². The van der Waals surface area contributed by atoms with Gasteiger partial charge in [0.05, 0.1) is 5.52 Å². The molecular formula is C17H19N. The van der Waals surface area contributed by atoms with E-state index in [1.165, 1.54) is 32.9 Å². The average Bonchev–Trinajstić information content (AvgIpc) is 2.72. The molecule has 0 aliphatic carbocycles. The van der Waals surface area contributed by atoms with Gasteiger partial charge in [-0.1, -0.05) is 44.2 Å². The summed E-state index contributed by atoms with van der Waals surface area (Å²) in [6.45, 7) is 4.49.